The second-order valence-corrected chi connectivity index (χ2v) is 7.20. The van der Waals surface area contributed by atoms with Crippen LogP contribution in [0, 0.1) is 13.8 Å². The van der Waals surface area contributed by atoms with Gasteiger partial charge >= 0.3 is 0 Å². The van der Waals surface area contributed by atoms with E-state index < -0.39 is 0 Å². The zero-order chi connectivity index (χ0) is 17.7. The van der Waals surface area contributed by atoms with Crippen LogP contribution in [0.5, 0.6) is 5.75 Å². The zero-order valence-electron chi connectivity index (χ0n) is 14.7. The number of benzene rings is 2. The molecule has 0 fully saturated rings. The van der Waals surface area contributed by atoms with Crippen molar-refractivity contribution in [3.05, 3.63) is 57.1 Å². The van der Waals surface area contributed by atoms with E-state index in [1.807, 2.05) is 25.1 Å². The number of halogens is 1. The number of rotatable bonds is 6. The molecule has 0 atom stereocenters. The van der Waals surface area contributed by atoms with E-state index in [1.54, 1.807) is 0 Å². The van der Waals surface area contributed by atoms with Crippen LogP contribution in [-0.2, 0) is 13.0 Å². The predicted octanol–water partition coefficient (Wildman–Crippen LogP) is 6.36. The van der Waals surface area contributed by atoms with Crippen LogP contribution in [0.2, 0.25) is 0 Å². The lowest BCUT2D eigenvalue weighted by Crippen LogP contribution is -2.11. The Labute approximate surface area is 158 Å². The molecule has 0 spiro atoms. The Morgan fingerprint density at radius 2 is 1.92 bits per heavy atom. The average Bonchev–Trinajstić information content (AvgIpc) is 2.56. The van der Waals surface area contributed by atoms with E-state index in [1.165, 1.54) is 16.7 Å². The average molecular weight is 406 g/mol. The molecule has 24 heavy (non-hydrogen) atoms. The fourth-order valence-electron chi connectivity index (χ4n) is 2.60. The van der Waals surface area contributed by atoms with Gasteiger partial charge in [-0.1, -0.05) is 54.1 Å². The molecule has 0 unspecified atom stereocenters. The van der Waals surface area contributed by atoms with Crippen molar-refractivity contribution >= 4 is 38.8 Å². The summed E-state index contributed by atoms with van der Waals surface area (Å²) >= 11 is 8.94. The van der Waals surface area contributed by atoms with E-state index in [9.17, 15) is 0 Å². The molecule has 0 aliphatic heterocycles. The van der Waals surface area contributed by atoms with Crippen LogP contribution in [0.25, 0.3) is 0 Å². The minimum atomic E-state index is 0.488. The fraction of sp³-hybridized carbons (Fsp3) is 0.350. The number of aryl methyl sites for hydroxylation is 3. The van der Waals surface area contributed by atoms with Crippen molar-refractivity contribution in [1.29, 1.82) is 0 Å². The van der Waals surface area contributed by atoms with Crippen LogP contribution < -0.4 is 10.1 Å². The molecular weight excluding hydrogens is 382 g/mol. The van der Waals surface area contributed by atoms with Crippen LogP contribution in [0.4, 0.5) is 5.69 Å². The molecule has 0 aliphatic carbocycles. The van der Waals surface area contributed by atoms with Crippen molar-refractivity contribution in [3.8, 4) is 5.75 Å². The minimum Gasteiger partial charge on any atom is -0.489 e. The Bertz CT molecular complexity index is 743. The molecule has 0 aromatic heterocycles. The first-order valence-electron chi connectivity index (χ1n) is 8.26. The number of anilines is 1. The Kier molecular flexibility index (Phi) is 6.81. The third kappa shape index (κ3) is 4.58. The summed E-state index contributed by atoms with van der Waals surface area (Å²) in [7, 11) is 0. The number of hydrogen-bond acceptors (Lipinski definition) is 2. The Morgan fingerprint density at radius 1 is 1.17 bits per heavy atom. The van der Waals surface area contributed by atoms with E-state index >= 15 is 0 Å². The van der Waals surface area contributed by atoms with Gasteiger partial charge in [0.15, 0.2) is 0 Å². The maximum Gasteiger partial charge on any atom is 0.123 e. The second kappa shape index (κ2) is 8.63. The van der Waals surface area contributed by atoms with Crippen molar-refractivity contribution in [3.63, 3.8) is 0 Å². The minimum absolute atomic E-state index is 0.488. The molecule has 0 radical (unpaired) electrons. The highest BCUT2D eigenvalue weighted by Crippen LogP contribution is 2.29. The first kappa shape index (κ1) is 18.9. The highest BCUT2D eigenvalue weighted by molar-refractivity contribution is 9.10. The smallest absolute Gasteiger partial charge is 0.123 e. The van der Waals surface area contributed by atoms with E-state index in [4.69, 9.17) is 17.0 Å². The summed E-state index contributed by atoms with van der Waals surface area (Å²) < 4.78 is 7.15. The molecule has 0 bridgehead atoms. The van der Waals surface area contributed by atoms with Gasteiger partial charge in [0.2, 0.25) is 0 Å². The topological polar surface area (TPSA) is 21.3 Å². The highest BCUT2D eigenvalue weighted by atomic mass is 79.9. The van der Waals surface area contributed by atoms with Crippen molar-refractivity contribution in [2.24, 2.45) is 0 Å². The van der Waals surface area contributed by atoms with E-state index in [0.29, 0.717) is 6.61 Å². The summed E-state index contributed by atoms with van der Waals surface area (Å²) in [5.41, 5.74) is 5.89. The number of ether oxygens (including phenoxy) is 1. The number of nitrogens with one attached hydrogen (secondary N) is 1. The summed E-state index contributed by atoms with van der Waals surface area (Å²) in [6.45, 7) is 8.94. The van der Waals surface area contributed by atoms with Crippen molar-refractivity contribution in [2.45, 2.75) is 47.1 Å². The monoisotopic (exact) mass is 405 g/mol. The van der Waals surface area contributed by atoms with Gasteiger partial charge in [0.05, 0.1) is 4.99 Å². The lowest BCUT2D eigenvalue weighted by molar-refractivity contribution is 0.303. The summed E-state index contributed by atoms with van der Waals surface area (Å²) in [6.07, 6.45) is 1.86. The van der Waals surface area contributed by atoms with Crippen LogP contribution in [0.3, 0.4) is 0 Å². The van der Waals surface area contributed by atoms with Gasteiger partial charge in [-0.15, -0.1) is 0 Å². The molecule has 2 rings (SSSR count). The third-order valence-corrected chi connectivity index (χ3v) is 5.23. The molecule has 2 nitrogen and oxygen atoms in total. The van der Waals surface area contributed by atoms with Crippen LogP contribution >= 0.6 is 28.1 Å². The van der Waals surface area contributed by atoms with E-state index in [0.717, 1.165) is 39.3 Å². The molecule has 0 amide bonds. The van der Waals surface area contributed by atoms with E-state index in [-0.39, 0.29) is 0 Å². The molecule has 0 saturated heterocycles. The Balaban J connectivity index is 2.23. The highest BCUT2D eigenvalue weighted by Gasteiger charge is 2.11. The molecule has 0 saturated carbocycles. The maximum atomic E-state index is 6.13. The van der Waals surface area contributed by atoms with Crippen LogP contribution in [-0.4, -0.2) is 4.99 Å². The Hall–Kier alpha value is -1.39. The Morgan fingerprint density at radius 3 is 2.58 bits per heavy atom. The van der Waals surface area contributed by atoms with Crippen LogP contribution in [0.15, 0.2) is 34.8 Å². The first-order valence-corrected chi connectivity index (χ1v) is 9.46. The fourth-order valence-corrected chi connectivity index (χ4v) is 3.19. The van der Waals surface area contributed by atoms with Gasteiger partial charge < -0.3 is 10.1 Å². The summed E-state index contributed by atoms with van der Waals surface area (Å²) in [5, 5.41) is 3.30. The van der Waals surface area contributed by atoms with Crippen LogP contribution in [0.1, 0.15) is 42.5 Å². The standard InChI is InChI=1S/C20H24BrNOS/c1-5-15-10-14(4)19(11-13(15)3)23-12-16-17(21)8-7-9-18(16)22-20(24)6-2/h7-11H,5-6,12H2,1-4H3,(H,22,24). The summed E-state index contributed by atoms with van der Waals surface area (Å²) in [6, 6.07) is 10.4. The van der Waals surface area contributed by atoms with E-state index in [2.05, 4.69) is 54.2 Å². The molecule has 1 N–H and O–H groups in total. The lowest BCUT2D eigenvalue weighted by Gasteiger charge is -2.17. The van der Waals surface area contributed by atoms with Crippen molar-refractivity contribution in [1.82, 2.24) is 0 Å². The largest absolute Gasteiger partial charge is 0.489 e. The molecule has 2 aromatic rings. The molecule has 0 heterocycles. The predicted molar refractivity (Wildman–Crippen MR) is 110 cm³/mol. The third-order valence-electron chi connectivity index (χ3n) is 4.10. The van der Waals surface area contributed by atoms with Gasteiger partial charge in [0.1, 0.15) is 12.4 Å². The summed E-state index contributed by atoms with van der Waals surface area (Å²) in [4.78, 5) is 0.827. The maximum absolute atomic E-state index is 6.13. The van der Waals surface area contributed by atoms with Gasteiger partial charge in [-0.2, -0.15) is 0 Å². The van der Waals surface area contributed by atoms with Gasteiger partial charge in [0.25, 0.3) is 0 Å². The van der Waals surface area contributed by atoms with Crippen molar-refractivity contribution < 1.29 is 4.74 Å². The SMILES string of the molecule is CCC(=S)Nc1cccc(Br)c1COc1cc(C)c(CC)cc1C. The normalized spacial score (nSPS) is 10.5. The molecular formula is C20H24BrNOS. The van der Waals surface area contributed by atoms with Gasteiger partial charge in [-0.05, 0) is 61.6 Å². The summed E-state index contributed by atoms with van der Waals surface area (Å²) in [5.74, 6) is 0.935. The molecule has 0 aliphatic rings. The van der Waals surface area contributed by atoms with Crippen molar-refractivity contribution in [2.75, 3.05) is 5.32 Å². The second-order valence-electron chi connectivity index (χ2n) is 5.85. The lowest BCUT2D eigenvalue weighted by atomic mass is 10.0. The van der Waals surface area contributed by atoms with Gasteiger partial charge in [-0.3, -0.25) is 0 Å². The zero-order valence-corrected chi connectivity index (χ0v) is 17.1. The first-order chi connectivity index (χ1) is 11.5. The number of thiocarbonyl (C=S) groups is 1. The molecule has 128 valence electrons. The van der Waals surface area contributed by atoms with Gasteiger partial charge in [0, 0.05) is 15.7 Å². The number of hydrogen-bond donors (Lipinski definition) is 1. The van der Waals surface area contributed by atoms with Gasteiger partial charge in [-0.25, -0.2) is 0 Å². The molecule has 4 heteroatoms. The quantitative estimate of drug-likeness (QED) is 0.565. The molecule has 2 aromatic carbocycles.